The van der Waals surface area contributed by atoms with Crippen molar-refractivity contribution in [1.29, 1.82) is 0 Å². The summed E-state index contributed by atoms with van der Waals surface area (Å²) in [6, 6.07) is 10.2. The zero-order valence-electron chi connectivity index (χ0n) is 14.9. The molecule has 0 radical (unpaired) electrons. The molecule has 0 bridgehead atoms. The average molecular weight is 344 g/mol. The molecule has 1 aromatic rings. The van der Waals surface area contributed by atoms with E-state index >= 15 is 0 Å². The lowest BCUT2D eigenvalue weighted by Gasteiger charge is -2.41. The van der Waals surface area contributed by atoms with Crippen molar-refractivity contribution in [3.8, 4) is 0 Å². The van der Waals surface area contributed by atoms with Gasteiger partial charge in [0.05, 0.1) is 12.0 Å². The lowest BCUT2D eigenvalue weighted by molar-refractivity contribution is -0.139. The summed E-state index contributed by atoms with van der Waals surface area (Å²) >= 11 is 0. The third kappa shape index (κ3) is 4.12. The number of primary amides is 1. The van der Waals surface area contributed by atoms with E-state index in [1.807, 2.05) is 17.9 Å². The first-order valence-corrected chi connectivity index (χ1v) is 9.18. The Morgan fingerprint density at radius 2 is 1.76 bits per heavy atom. The molecule has 2 atom stereocenters. The lowest BCUT2D eigenvalue weighted by atomic mass is 9.97. The molecule has 2 unspecified atom stereocenters. The second-order valence-electron chi connectivity index (χ2n) is 7.06. The number of hydrogen-bond donors (Lipinski definition) is 1. The van der Waals surface area contributed by atoms with E-state index in [0.717, 1.165) is 45.6 Å². The highest BCUT2D eigenvalue weighted by molar-refractivity contribution is 5.83. The summed E-state index contributed by atoms with van der Waals surface area (Å²) < 4.78 is 0. The van der Waals surface area contributed by atoms with Crippen molar-refractivity contribution in [1.82, 2.24) is 9.80 Å². The van der Waals surface area contributed by atoms with Crippen molar-refractivity contribution in [3.63, 3.8) is 0 Å². The van der Waals surface area contributed by atoms with Gasteiger partial charge in [0.2, 0.25) is 11.8 Å². The van der Waals surface area contributed by atoms with Gasteiger partial charge < -0.3 is 15.5 Å². The Hall–Kier alpha value is -2.08. The molecule has 6 nitrogen and oxygen atoms in total. The Bertz CT molecular complexity index is 599. The maximum Gasteiger partial charge on any atom is 0.239 e. The van der Waals surface area contributed by atoms with Gasteiger partial charge in [0.25, 0.3) is 0 Å². The van der Waals surface area contributed by atoms with Gasteiger partial charge in [0.15, 0.2) is 0 Å². The molecule has 1 aromatic carbocycles. The summed E-state index contributed by atoms with van der Waals surface area (Å²) in [4.78, 5) is 30.7. The Labute approximate surface area is 149 Å². The summed E-state index contributed by atoms with van der Waals surface area (Å²) in [5.41, 5.74) is 6.66. The Balaban J connectivity index is 1.54. The monoisotopic (exact) mass is 344 g/mol. The Morgan fingerprint density at radius 1 is 1.08 bits per heavy atom. The van der Waals surface area contributed by atoms with Crippen molar-refractivity contribution in [2.75, 3.05) is 44.2 Å². The fourth-order valence-electron chi connectivity index (χ4n) is 3.84. The van der Waals surface area contributed by atoms with Crippen LogP contribution in [0.4, 0.5) is 5.69 Å². The molecule has 2 aliphatic heterocycles. The molecule has 2 N–H and O–H groups in total. The maximum absolute atomic E-state index is 12.8. The van der Waals surface area contributed by atoms with Gasteiger partial charge >= 0.3 is 0 Å². The Kier molecular flexibility index (Phi) is 5.58. The van der Waals surface area contributed by atoms with Gasteiger partial charge in [0.1, 0.15) is 0 Å². The maximum atomic E-state index is 12.8. The number of para-hydroxylation sites is 1. The fourth-order valence-corrected chi connectivity index (χ4v) is 3.84. The molecule has 0 aromatic heterocycles. The lowest BCUT2D eigenvalue weighted by Crippen LogP contribution is -2.56. The first-order valence-electron chi connectivity index (χ1n) is 9.18. The molecule has 2 fully saturated rings. The molecule has 6 heteroatoms. The molecule has 25 heavy (non-hydrogen) atoms. The summed E-state index contributed by atoms with van der Waals surface area (Å²) in [5, 5.41) is 0. The van der Waals surface area contributed by atoms with E-state index in [1.54, 1.807) is 0 Å². The summed E-state index contributed by atoms with van der Waals surface area (Å²) in [5.74, 6) is -0.361. The molecule has 0 aliphatic carbocycles. The zero-order valence-corrected chi connectivity index (χ0v) is 14.9. The molecule has 0 spiro atoms. The summed E-state index contributed by atoms with van der Waals surface area (Å²) in [6.45, 7) is 6.77. The number of carbonyl (C=O) groups excluding carboxylic acids is 2. The van der Waals surface area contributed by atoms with Crippen LogP contribution in [0, 0.1) is 5.92 Å². The van der Waals surface area contributed by atoms with Crippen molar-refractivity contribution >= 4 is 17.5 Å². The predicted octanol–water partition coefficient (Wildman–Crippen LogP) is 0.921. The largest absolute Gasteiger partial charge is 0.369 e. The van der Waals surface area contributed by atoms with Crippen LogP contribution in [-0.2, 0) is 9.59 Å². The van der Waals surface area contributed by atoms with Crippen LogP contribution in [0.3, 0.4) is 0 Å². The van der Waals surface area contributed by atoms with Crippen LogP contribution in [-0.4, -0.2) is 66.9 Å². The van der Waals surface area contributed by atoms with Gasteiger partial charge in [-0.1, -0.05) is 18.2 Å². The number of nitrogens with zero attached hydrogens (tertiary/aromatic N) is 3. The van der Waals surface area contributed by atoms with Gasteiger partial charge in [-0.05, 0) is 31.9 Å². The van der Waals surface area contributed by atoms with Crippen molar-refractivity contribution in [2.24, 2.45) is 11.7 Å². The van der Waals surface area contributed by atoms with Crippen molar-refractivity contribution in [2.45, 2.75) is 25.8 Å². The minimum Gasteiger partial charge on any atom is -0.369 e. The number of likely N-dealkylation sites (tertiary alicyclic amines) is 1. The quantitative estimate of drug-likeness (QED) is 0.882. The van der Waals surface area contributed by atoms with Crippen LogP contribution >= 0.6 is 0 Å². The third-order valence-corrected chi connectivity index (χ3v) is 5.48. The fraction of sp³-hybridized carbons (Fsp3) is 0.579. The number of piperidine rings is 1. The topological polar surface area (TPSA) is 69.9 Å². The standard InChI is InChI=1S/C19H28N4O2/c1-15(19(25)23-9-5-6-16(14-23)18(20)24)21-10-12-22(13-11-21)17-7-3-2-4-8-17/h2-4,7-8,15-16H,5-6,9-14H2,1H3,(H2,20,24). The van der Waals surface area contributed by atoms with Crippen LogP contribution in [0.25, 0.3) is 0 Å². The van der Waals surface area contributed by atoms with Crippen LogP contribution in [0.1, 0.15) is 19.8 Å². The molecule has 2 amide bonds. The SMILES string of the molecule is CC(C(=O)N1CCCC(C(N)=O)C1)N1CCN(c2ccccc2)CC1. The minimum atomic E-state index is -0.290. The number of anilines is 1. The molecular formula is C19H28N4O2. The number of nitrogens with two attached hydrogens (primary N) is 1. The normalized spacial score (nSPS) is 23.3. The van der Waals surface area contributed by atoms with Gasteiger partial charge in [-0.15, -0.1) is 0 Å². The minimum absolute atomic E-state index is 0.124. The predicted molar refractivity (Wildman–Crippen MR) is 98.2 cm³/mol. The first kappa shape index (κ1) is 17.7. The average Bonchev–Trinajstić information content (AvgIpc) is 2.67. The Morgan fingerprint density at radius 3 is 2.40 bits per heavy atom. The molecule has 2 saturated heterocycles. The number of benzene rings is 1. The van der Waals surface area contributed by atoms with Crippen LogP contribution in [0.15, 0.2) is 30.3 Å². The molecule has 3 rings (SSSR count). The molecule has 2 aliphatic rings. The number of carbonyl (C=O) groups is 2. The molecule has 2 heterocycles. The van der Waals surface area contributed by atoms with E-state index in [2.05, 4.69) is 34.1 Å². The second-order valence-corrected chi connectivity index (χ2v) is 7.06. The molecule has 0 saturated carbocycles. The number of piperazine rings is 1. The third-order valence-electron chi connectivity index (χ3n) is 5.48. The van der Waals surface area contributed by atoms with E-state index in [-0.39, 0.29) is 23.8 Å². The molecular weight excluding hydrogens is 316 g/mol. The van der Waals surface area contributed by atoms with Crippen LogP contribution in [0.5, 0.6) is 0 Å². The van der Waals surface area contributed by atoms with Gasteiger partial charge in [-0.25, -0.2) is 0 Å². The van der Waals surface area contributed by atoms with E-state index < -0.39 is 0 Å². The van der Waals surface area contributed by atoms with Gasteiger partial charge in [-0.2, -0.15) is 0 Å². The van der Waals surface area contributed by atoms with Gasteiger partial charge in [0, 0.05) is 45.0 Å². The highest BCUT2D eigenvalue weighted by Gasteiger charge is 2.32. The van der Waals surface area contributed by atoms with E-state index in [4.69, 9.17) is 5.73 Å². The smallest absolute Gasteiger partial charge is 0.239 e. The summed E-state index contributed by atoms with van der Waals surface area (Å²) in [7, 11) is 0. The second kappa shape index (κ2) is 7.87. The highest BCUT2D eigenvalue weighted by atomic mass is 16.2. The molecule has 136 valence electrons. The summed E-state index contributed by atoms with van der Waals surface area (Å²) in [6.07, 6.45) is 1.65. The van der Waals surface area contributed by atoms with E-state index in [9.17, 15) is 9.59 Å². The van der Waals surface area contributed by atoms with E-state index in [1.165, 1.54) is 5.69 Å². The van der Waals surface area contributed by atoms with Crippen molar-refractivity contribution in [3.05, 3.63) is 30.3 Å². The zero-order chi connectivity index (χ0) is 17.8. The number of amides is 2. The highest BCUT2D eigenvalue weighted by Crippen LogP contribution is 2.20. The number of rotatable bonds is 4. The van der Waals surface area contributed by atoms with Crippen molar-refractivity contribution < 1.29 is 9.59 Å². The van der Waals surface area contributed by atoms with Crippen LogP contribution in [0.2, 0.25) is 0 Å². The number of hydrogen-bond acceptors (Lipinski definition) is 4. The van der Waals surface area contributed by atoms with Crippen LogP contribution < -0.4 is 10.6 Å². The van der Waals surface area contributed by atoms with Gasteiger partial charge in [-0.3, -0.25) is 14.5 Å². The van der Waals surface area contributed by atoms with E-state index in [0.29, 0.717) is 6.54 Å². The first-order chi connectivity index (χ1) is 12.1.